The molecular formula is C17H23N3O. The second kappa shape index (κ2) is 5.80. The quantitative estimate of drug-likeness (QED) is 0.915. The molecule has 4 nitrogen and oxygen atoms in total. The topological polar surface area (TPSA) is 39.1 Å². The largest absolute Gasteiger partial charge is 0.497 e. The summed E-state index contributed by atoms with van der Waals surface area (Å²) in [5.41, 5.74) is 3.76. The van der Waals surface area contributed by atoms with Crippen molar-refractivity contribution in [2.75, 3.05) is 12.4 Å². The Labute approximate surface area is 126 Å². The Morgan fingerprint density at radius 3 is 2.62 bits per heavy atom. The van der Waals surface area contributed by atoms with Crippen molar-refractivity contribution in [3.63, 3.8) is 0 Å². The first-order valence-electron chi connectivity index (χ1n) is 7.62. The summed E-state index contributed by atoms with van der Waals surface area (Å²) in [4.78, 5) is 0. The summed E-state index contributed by atoms with van der Waals surface area (Å²) in [5, 5.41) is 8.11. The van der Waals surface area contributed by atoms with Gasteiger partial charge in [0.2, 0.25) is 0 Å². The van der Waals surface area contributed by atoms with Crippen molar-refractivity contribution in [3.05, 3.63) is 41.7 Å². The Morgan fingerprint density at radius 2 is 2.00 bits per heavy atom. The number of ether oxygens (including phenoxy) is 1. The highest BCUT2D eigenvalue weighted by atomic mass is 16.5. The molecule has 4 heteroatoms. The summed E-state index contributed by atoms with van der Waals surface area (Å²) in [6, 6.07) is 9.02. The zero-order valence-electron chi connectivity index (χ0n) is 13.0. The molecule has 3 rings (SSSR count). The van der Waals surface area contributed by atoms with E-state index in [4.69, 9.17) is 4.74 Å². The summed E-state index contributed by atoms with van der Waals surface area (Å²) in [6.45, 7) is 2.15. The van der Waals surface area contributed by atoms with Crippen LogP contribution in [0.4, 0.5) is 5.69 Å². The van der Waals surface area contributed by atoms with Crippen LogP contribution >= 0.6 is 0 Å². The van der Waals surface area contributed by atoms with Crippen LogP contribution in [0.2, 0.25) is 0 Å². The van der Waals surface area contributed by atoms with Gasteiger partial charge in [-0.2, -0.15) is 5.10 Å². The van der Waals surface area contributed by atoms with Crippen molar-refractivity contribution in [3.8, 4) is 5.75 Å². The van der Waals surface area contributed by atoms with E-state index in [9.17, 15) is 0 Å². The molecule has 1 aromatic carbocycles. The average Bonchev–Trinajstić information content (AvgIpc) is 2.82. The van der Waals surface area contributed by atoms with Crippen molar-refractivity contribution >= 4 is 5.69 Å². The minimum Gasteiger partial charge on any atom is -0.497 e. The normalized spacial score (nSPS) is 20.9. The molecule has 1 aliphatic rings. The van der Waals surface area contributed by atoms with Gasteiger partial charge in [0.25, 0.3) is 0 Å². The average molecular weight is 285 g/mol. The zero-order chi connectivity index (χ0) is 14.8. The predicted molar refractivity (Wildman–Crippen MR) is 85.0 cm³/mol. The number of aryl methyl sites for hydroxylation is 2. The molecule has 0 unspecified atom stereocenters. The first-order chi connectivity index (χ1) is 10.2. The molecule has 0 bridgehead atoms. The number of hydrogen-bond acceptors (Lipinski definition) is 3. The molecule has 1 fully saturated rings. The highest BCUT2D eigenvalue weighted by molar-refractivity contribution is 5.48. The van der Waals surface area contributed by atoms with Crippen LogP contribution in [-0.4, -0.2) is 22.9 Å². The van der Waals surface area contributed by atoms with Gasteiger partial charge < -0.3 is 10.1 Å². The van der Waals surface area contributed by atoms with Crippen molar-refractivity contribution in [1.82, 2.24) is 9.78 Å². The van der Waals surface area contributed by atoms with E-state index in [2.05, 4.69) is 35.7 Å². The molecular weight excluding hydrogens is 262 g/mol. The maximum Gasteiger partial charge on any atom is 0.118 e. The summed E-state index contributed by atoms with van der Waals surface area (Å²) < 4.78 is 7.10. The number of nitrogens with zero attached hydrogens (tertiary/aromatic N) is 2. The fourth-order valence-electron chi connectivity index (χ4n) is 3.02. The van der Waals surface area contributed by atoms with Crippen molar-refractivity contribution in [2.45, 2.75) is 38.1 Å². The fraction of sp³-hybridized carbons (Fsp3) is 0.471. The number of methoxy groups -OCH3 is 1. The fourth-order valence-corrected chi connectivity index (χ4v) is 3.02. The van der Waals surface area contributed by atoms with Gasteiger partial charge in [0, 0.05) is 19.3 Å². The highest BCUT2D eigenvalue weighted by Crippen LogP contribution is 2.39. The van der Waals surface area contributed by atoms with Gasteiger partial charge in [-0.15, -0.1) is 0 Å². The van der Waals surface area contributed by atoms with E-state index in [0.717, 1.165) is 17.9 Å². The number of benzene rings is 1. The van der Waals surface area contributed by atoms with E-state index in [0.29, 0.717) is 12.0 Å². The molecule has 0 radical (unpaired) electrons. The number of nitrogens with one attached hydrogen (secondary N) is 1. The third-order valence-corrected chi connectivity index (χ3v) is 4.33. The van der Waals surface area contributed by atoms with Crippen LogP contribution in [0.25, 0.3) is 0 Å². The van der Waals surface area contributed by atoms with Gasteiger partial charge in [-0.05, 0) is 42.9 Å². The predicted octanol–water partition coefficient (Wildman–Crippen LogP) is 3.35. The Bertz CT molecular complexity index is 597. The lowest BCUT2D eigenvalue weighted by atomic mass is 9.76. The van der Waals surface area contributed by atoms with Crippen LogP contribution in [0, 0.1) is 0 Å². The second-order valence-corrected chi connectivity index (χ2v) is 5.80. The molecule has 0 spiro atoms. The molecule has 1 N–H and O–H groups in total. The maximum absolute atomic E-state index is 5.21. The molecule has 0 aliphatic heterocycles. The van der Waals surface area contributed by atoms with Gasteiger partial charge in [0.1, 0.15) is 5.75 Å². The molecule has 1 aromatic heterocycles. The van der Waals surface area contributed by atoms with E-state index in [1.807, 2.05) is 23.9 Å². The molecule has 1 saturated carbocycles. The van der Waals surface area contributed by atoms with Crippen molar-refractivity contribution in [1.29, 1.82) is 0 Å². The second-order valence-electron chi connectivity index (χ2n) is 5.80. The third kappa shape index (κ3) is 2.89. The van der Waals surface area contributed by atoms with Gasteiger partial charge in [-0.25, -0.2) is 0 Å². The van der Waals surface area contributed by atoms with Gasteiger partial charge >= 0.3 is 0 Å². The smallest absolute Gasteiger partial charge is 0.118 e. The van der Waals surface area contributed by atoms with Crippen LogP contribution in [0.1, 0.15) is 36.9 Å². The molecule has 1 aliphatic carbocycles. The van der Waals surface area contributed by atoms with Crippen LogP contribution in [0.15, 0.2) is 30.5 Å². The zero-order valence-corrected chi connectivity index (χ0v) is 13.0. The number of aromatic nitrogens is 2. The van der Waals surface area contributed by atoms with E-state index in [1.165, 1.54) is 24.1 Å². The minimum atomic E-state index is 0.562. The molecule has 1 heterocycles. The lowest BCUT2D eigenvalue weighted by molar-refractivity contribution is 0.373. The maximum atomic E-state index is 5.21. The third-order valence-electron chi connectivity index (χ3n) is 4.33. The van der Waals surface area contributed by atoms with E-state index >= 15 is 0 Å². The number of rotatable bonds is 5. The Morgan fingerprint density at radius 1 is 1.29 bits per heavy atom. The SMILES string of the molecule is CCc1nn(C)cc1NC1CC(c2ccc(OC)cc2)C1. The molecule has 112 valence electrons. The first-order valence-corrected chi connectivity index (χ1v) is 7.62. The van der Waals surface area contributed by atoms with E-state index < -0.39 is 0 Å². The standard InChI is InChI=1S/C17H23N3O/c1-4-16-17(11-20(2)19-16)18-14-9-13(10-14)12-5-7-15(21-3)8-6-12/h5-8,11,13-14,18H,4,9-10H2,1-3H3. The van der Waals surface area contributed by atoms with Gasteiger partial charge in [-0.1, -0.05) is 19.1 Å². The van der Waals surface area contributed by atoms with Crippen LogP contribution < -0.4 is 10.1 Å². The Hall–Kier alpha value is -1.97. The summed E-state index contributed by atoms with van der Waals surface area (Å²) in [7, 11) is 3.68. The van der Waals surface area contributed by atoms with E-state index in [1.54, 1.807) is 7.11 Å². The first kappa shape index (κ1) is 14.0. The van der Waals surface area contributed by atoms with Gasteiger partial charge in [0.15, 0.2) is 0 Å². The van der Waals surface area contributed by atoms with Crippen LogP contribution in [0.3, 0.4) is 0 Å². The summed E-state index contributed by atoms with van der Waals surface area (Å²) >= 11 is 0. The van der Waals surface area contributed by atoms with Gasteiger partial charge in [0.05, 0.1) is 18.5 Å². The van der Waals surface area contributed by atoms with Gasteiger partial charge in [-0.3, -0.25) is 4.68 Å². The molecule has 0 saturated heterocycles. The number of hydrogen-bond donors (Lipinski definition) is 1. The Kier molecular flexibility index (Phi) is 3.86. The summed E-state index contributed by atoms with van der Waals surface area (Å²) in [6.07, 6.45) is 5.42. The lowest BCUT2D eigenvalue weighted by Gasteiger charge is -2.36. The Balaban J connectivity index is 1.57. The van der Waals surface area contributed by atoms with Crippen LogP contribution in [-0.2, 0) is 13.5 Å². The van der Waals surface area contributed by atoms with Crippen molar-refractivity contribution in [2.24, 2.45) is 7.05 Å². The molecule has 2 aromatic rings. The lowest BCUT2D eigenvalue weighted by Crippen LogP contribution is -2.34. The highest BCUT2D eigenvalue weighted by Gasteiger charge is 2.30. The molecule has 21 heavy (non-hydrogen) atoms. The van der Waals surface area contributed by atoms with Crippen LogP contribution in [0.5, 0.6) is 5.75 Å². The minimum absolute atomic E-state index is 0.562. The monoisotopic (exact) mass is 285 g/mol. The summed E-state index contributed by atoms with van der Waals surface area (Å²) in [5.74, 6) is 1.59. The molecule has 0 atom stereocenters. The van der Waals surface area contributed by atoms with E-state index in [-0.39, 0.29) is 0 Å². The van der Waals surface area contributed by atoms with Crippen molar-refractivity contribution < 1.29 is 4.74 Å². The number of anilines is 1. The molecule has 0 amide bonds.